The van der Waals surface area contributed by atoms with E-state index in [0.717, 1.165) is 52.7 Å². The second-order valence-electron chi connectivity index (χ2n) is 7.39. The van der Waals surface area contributed by atoms with E-state index in [1.54, 1.807) is 22.7 Å². The lowest BCUT2D eigenvalue weighted by molar-refractivity contribution is -0.131. The number of hydrogen-bond acceptors (Lipinski definition) is 5. The third-order valence-electron chi connectivity index (χ3n) is 5.34. The number of amides is 1. The van der Waals surface area contributed by atoms with Crippen LogP contribution in [0.2, 0.25) is 0 Å². The van der Waals surface area contributed by atoms with Crippen LogP contribution in [0.3, 0.4) is 0 Å². The topological polar surface area (TPSA) is 46.1 Å². The summed E-state index contributed by atoms with van der Waals surface area (Å²) in [6.45, 7) is 1.59. The van der Waals surface area contributed by atoms with Crippen LogP contribution in [0.15, 0.2) is 60.0 Å². The molecule has 0 unspecified atom stereocenters. The molecule has 146 valence electrons. The zero-order chi connectivity index (χ0) is 19.6. The molecule has 5 rings (SSSR count). The Morgan fingerprint density at radius 2 is 1.90 bits per heavy atom. The van der Waals surface area contributed by atoms with Crippen molar-refractivity contribution in [3.8, 4) is 10.6 Å². The SMILES string of the molecule is O=C(Cc1csc(-c2ccccc2)n1)N1CCC[C@H](c2nc3ccccc3s2)C1. The van der Waals surface area contributed by atoms with Crippen molar-refractivity contribution in [1.82, 2.24) is 14.9 Å². The molecule has 6 heteroatoms. The van der Waals surface area contributed by atoms with Crippen molar-refractivity contribution in [2.75, 3.05) is 13.1 Å². The average Bonchev–Trinajstić information content (AvgIpc) is 3.41. The lowest BCUT2D eigenvalue weighted by Crippen LogP contribution is -2.40. The summed E-state index contributed by atoms with van der Waals surface area (Å²) in [4.78, 5) is 24.4. The maximum atomic E-state index is 12.9. The third-order valence-corrected chi connectivity index (χ3v) is 7.48. The van der Waals surface area contributed by atoms with Crippen LogP contribution in [0.25, 0.3) is 20.8 Å². The highest BCUT2D eigenvalue weighted by Crippen LogP contribution is 2.33. The minimum absolute atomic E-state index is 0.167. The van der Waals surface area contributed by atoms with E-state index < -0.39 is 0 Å². The molecule has 29 heavy (non-hydrogen) atoms. The molecule has 4 aromatic rings. The number of thiazole rings is 2. The van der Waals surface area contributed by atoms with Crippen molar-refractivity contribution in [3.05, 3.63) is 70.7 Å². The standard InChI is InChI=1S/C23H21N3OS2/c27-21(13-18-15-28-22(24-18)16-7-2-1-3-8-16)26-12-6-9-17(14-26)23-25-19-10-4-5-11-20(19)29-23/h1-5,7-8,10-11,15,17H,6,9,12-14H2/t17-/m0/s1. The van der Waals surface area contributed by atoms with E-state index in [2.05, 4.69) is 35.3 Å². The van der Waals surface area contributed by atoms with E-state index in [1.165, 1.54) is 4.70 Å². The van der Waals surface area contributed by atoms with Gasteiger partial charge in [-0.05, 0) is 25.0 Å². The van der Waals surface area contributed by atoms with Crippen molar-refractivity contribution in [2.24, 2.45) is 0 Å². The second kappa shape index (κ2) is 8.05. The fourth-order valence-electron chi connectivity index (χ4n) is 3.84. The van der Waals surface area contributed by atoms with Crippen molar-refractivity contribution < 1.29 is 4.79 Å². The van der Waals surface area contributed by atoms with Gasteiger partial charge in [0.1, 0.15) is 5.01 Å². The maximum absolute atomic E-state index is 12.9. The summed E-state index contributed by atoms with van der Waals surface area (Å²) < 4.78 is 1.22. The molecular weight excluding hydrogens is 398 g/mol. The molecule has 0 bridgehead atoms. The van der Waals surface area contributed by atoms with Crippen LogP contribution in [0.1, 0.15) is 29.5 Å². The van der Waals surface area contributed by atoms with E-state index in [4.69, 9.17) is 4.98 Å². The van der Waals surface area contributed by atoms with Gasteiger partial charge in [0.05, 0.1) is 27.3 Å². The number of benzene rings is 2. The minimum Gasteiger partial charge on any atom is -0.342 e. The normalized spacial score (nSPS) is 17.0. The molecule has 1 fully saturated rings. The number of fused-ring (bicyclic) bond motifs is 1. The number of nitrogens with zero attached hydrogens (tertiary/aromatic N) is 3. The summed E-state index contributed by atoms with van der Waals surface area (Å²) in [6, 6.07) is 18.4. The Hall–Kier alpha value is -2.57. The number of carbonyl (C=O) groups is 1. The molecule has 4 nitrogen and oxygen atoms in total. The van der Waals surface area contributed by atoms with Gasteiger partial charge in [0.25, 0.3) is 0 Å². The molecule has 2 aromatic carbocycles. The van der Waals surface area contributed by atoms with Gasteiger partial charge in [-0.2, -0.15) is 0 Å². The fourth-order valence-corrected chi connectivity index (χ4v) is 5.76. The van der Waals surface area contributed by atoms with Gasteiger partial charge in [0.2, 0.25) is 5.91 Å². The molecule has 2 aromatic heterocycles. The van der Waals surface area contributed by atoms with Gasteiger partial charge in [-0.3, -0.25) is 4.79 Å². The minimum atomic E-state index is 0.167. The molecule has 1 atom stereocenters. The Bertz CT molecular complexity index is 1100. The Labute approximate surface area is 177 Å². The lowest BCUT2D eigenvalue weighted by Gasteiger charge is -2.31. The van der Waals surface area contributed by atoms with Gasteiger partial charge in [0.15, 0.2) is 0 Å². The van der Waals surface area contributed by atoms with Crippen LogP contribution >= 0.6 is 22.7 Å². The Balaban J connectivity index is 1.27. The van der Waals surface area contributed by atoms with E-state index in [9.17, 15) is 4.79 Å². The van der Waals surface area contributed by atoms with E-state index >= 15 is 0 Å². The molecule has 0 aliphatic carbocycles. The molecule has 0 spiro atoms. The first kappa shape index (κ1) is 18.5. The van der Waals surface area contributed by atoms with Crippen LogP contribution in [0.5, 0.6) is 0 Å². The molecule has 0 saturated carbocycles. The highest BCUT2D eigenvalue weighted by molar-refractivity contribution is 7.18. The van der Waals surface area contributed by atoms with Gasteiger partial charge in [0, 0.05) is 30.0 Å². The highest BCUT2D eigenvalue weighted by Gasteiger charge is 2.27. The number of para-hydroxylation sites is 1. The predicted octanol–water partition coefficient (Wildman–Crippen LogP) is 5.37. The van der Waals surface area contributed by atoms with E-state index in [0.29, 0.717) is 12.3 Å². The van der Waals surface area contributed by atoms with Gasteiger partial charge in [-0.15, -0.1) is 22.7 Å². The molecule has 1 amide bonds. The quantitative estimate of drug-likeness (QED) is 0.447. The van der Waals surface area contributed by atoms with Crippen molar-refractivity contribution >= 4 is 38.8 Å². The first-order chi connectivity index (χ1) is 14.3. The van der Waals surface area contributed by atoms with E-state index in [-0.39, 0.29) is 5.91 Å². The largest absolute Gasteiger partial charge is 0.342 e. The summed E-state index contributed by atoms with van der Waals surface area (Å²) in [5, 5.41) is 4.14. The number of likely N-dealkylation sites (tertiary alicyclic amines) is 1. The summed E-state index contributed by atoms with van der Waals surface area (Å²) in [5.74, 6) is 0.501. The maximum Gasteiger partial charge on any atom is 0.228 e. The smallest absolute Gasteiger partial charge is 0.228 e. The first-order valence-electron chi connectivity index (χ1n) is 9.89. The molecule has 1 aliphatic rings. The molecule has 1 saturated heterocycles. The van der Waals surface area contributed by atoms with Crippen LogP contribution in [0.4, 0.5) is 0 Å². The molecule has 0 N–H and O–H groups in total. The molecular formula is C23H21N3OS2. The average molecular weight is 420 g/mol. The van der Waals surface area contributed by atoms with Crippen LogP contribution in [-0.2, 0) is 11.2 Å². The predicted molar refractivity (Wildman–Crippen MR) is 119 cm³/mol. The second-order valence-corrected chi connectivity index (χ2v) is 9.31. The van der Waals surface area contributed by atoms with E-state index in [1.807, 2.05) is 34.5 Å². The monoisotopic (exact) mass is 419 g/mol. The van der Waals surface area contributed by atoms with Gasteiger partial charge in [-0.1, -0.05) is 42.5 Å². The zero-order valence-corrected chi connectivity index (χ0v) is 17.6. The van der Waals surface area contributed by atoms with Gasteiger partial charge in [-0.25, -0.2) is 9.97 Å². The number of carbonyl (C=O) groups excluding carboxylic acids is 1. The van der Waals surface area contributed by atoms with Crippen LogP contribution < -0.4 is 0 Å². The number of rotatable bonds is 4. The van der Waals surface area contributed by atoms with Crippen molar-refractivity contribution in [3.63, 3.8) is 0 Å². The molecule has 0 radical (unpaired) electrons. The van der Waals surface area contributed by atoms with Gasteiger partial charge >= 0.3 is 0 Å². The third kappa shape index (κ3) is 3.95. The first-order valence-corrected chi connectivity index (χ1v) is 11.6. The summed E-state index contributed by atoms with van der Waals surface area (Å²) in [7, 11) is 0. The van der Waals surface area contributed by atoms with Crippen molar-refractivity contribution in [1.29, 1.82) is 0 Å². The highest BCUT2D eigenvalue weighted by atomic mass is 32.1. The summed E-state index contributed by atoms with van der Waals surface area (Å²) in [5.41, 5.74) is 3.03. The van der Waals surface area contributed by atoms with Crippen molar-refractivity contribution in [2.45, 2.75) is 25.2 Å². The lowest BCUT2D eigenvalue weighted by atomic mass is 9.98. The Morgan fingerprint density at radius 3 is 2.76 bits per heavy atom. The van der Waals surface area contributed by atoms with Gasteiger partial charge < -0.3 is 4.90 Å². The Morgan fingerprint density at radius 1 is 1.07 bits per heavy atom. The summed E-state index contributed by atoms with van der Waals surface area (Å²) >= 11 is 3.36. The van der Waals surface area contributed by atoms with Crippen LogP contribution in [0, 0.1) is 0 Å². The molecule has 1 aliphatic heterocycles. The number of aromatic nitrogens is 2. The van der Waals surface area contributed by atoms with Crippen LogP contribution in [-0.4, -0.2) is 33.9 Å². The number of hydrogen-bond donors (Lipinski definition) is 0. The molecule has 3 heterocycles. The Kier molecular flexibility index (Phi) is 5.12. The summed E-state index contributed by atoms with van der Waals surface area (Å²) in [6.07, 6.45) is 2.49. The fraction of sp³-hybridized carbons (Fsp3) is 0.261. The zero-order valence-electron chi connectivity index (χ0n) is 16.0. The number of piperidine rings is 1.